The lowest BCUT2D eigenvalue weighted by Crippen LogP contribution is -2.41. The Morgan fingerprint density at radius 2 is 2.13 bits per heavy atom. The van der Waals surface area contributed by atoms with Gasteiger partial charge in [-0.2, -0.15) is 5.10 Å². The van der Waals surface area contributed by atoms with Crippen LogP contribution in [0.2, 0.25) is 0 Å². The fraction of sp³-hybridized carbons (Fsp3) is 0.800. The molecule has 2 unspecified atom stereocenters. The number of carbonyl (C=O) groups excluding carboxylic acids is 1. The zero-order chi connectivity index (χ0) is 14.5. The maximum atomic E-state index is 12.4. The van der Waals surface area contributed by atoms with Crippen LogP contribution in [0.1, 0.15) is 32.1 Å². The zero-order valence-corrected chi connectivity index (χ0v) is 15.0. The van der Waals surface area contributed by atoms with Gasteiger partial charge >= 0.3 is 0 Å². The van der Waals surface area contributed by atoms with E-state index in [1.807, 2.05) is 4.68 Å². The Morgan fingerprint density at radius 1 is 1.26 bits per heavy atom. The van der Waals surface area contributed by atoms with Crippen LogP contribution in [0.25, 0.3) is 0 Å². The van der Waals surface area contributed by atoms with Gasteiger partial charge in [0.2, 0.25) is 5.91 Å². The molecule has 2 saturated heterocycles. The molecule has 3 rings (SSSR count). The molecule has 2 fully saturated rings. The van der Waals surface area contributed by atoms with Crippen LogP contribution in [0.3, 0.4) is 0 Å². The molecule has 8 heteroatoms. The van der Waals surface area contributed by atoms with Gasteiger partial charge in [0.05, 0.1) is 0 Å². The first-order chi connectivity index (χ1) is 10.3. The van der Waals surface area contributed by atoms with Gasteiger partial charge < -0.3 is 10.2 Å². The average molecular weight is 364 g/mol. The standard InChI is InChI=1S/C15H25N5O.2ClH/c21-15(4-3-13-5-6-16-8-13)19-7-1-2-14(9-19)10-20-12-17-11-18-20;;/h11-14,16H,1-10H2;2*1H. The van der Waals surface area contributed by atoms with Crippen LogP contribution < -0.4 is 5.32 Å². The molecule has 0 aliphatic carbocycles. The normalized spacial score (nSPS) is 23.9. The number of likely N-dealkylation sites (tertiary alicyclic amines) is 1. The van der Waals surface area contributed by atoms with E-state index < -0.39 is 0 Å². The predicted molar refractivity (Wildman–Crippen MR) is 94.0 cm³/mol. The lowest BCUT2D eigenvalue weighted by atomic mass is 9.96. The Labute approximate surface area is 150 Å². The van der Waals surface area contributed by atoms with Crippen LogP contribution in [-0.4, -0.2) is 51.8 Å². The molecule has 0 spiro atoms. The second-order valence-electron chi connectivity index (χ2n) is 6.36. The molecule has 0 radical (unpaired) electrons. The highest BCUT2D eigenvalue weighted by molar-refractivity contribution is 5.85. The number of nitrogens with one attached hydrogen (secondary N) is 1. The van der Waals surface area contributed by atoms with Crippen LogP contribution in [0.4, 0.5) is 0 Å². The number of hydrogen-bond donors (Lipinski definition) is 1. The van der Waals surface area contributed by atoms with Crippen LogP contribution in [0.15, 0.2) is 12.7 Å². The van der Waals surface area contributed by atoms with Gasteiger partial charge in [-0.25, -0.2) is 4.98 Å². The summed E-state index contributed by atoms with van der Waals surface area (Å²) in [6.07, 6.45) is 8.59. The highest BCUT2D eigenvalue weighted by Gasteiger charge is 2.25. The molecule has 0 aromatic carbocycles. The minimum absolute atomic E-state index is 0. The van der Waals surface area contributed by atoms with E-state index in [9.17, 15) is 4.79 Å². The van der Waals surface area contributed by atoms with E-state index in [4.69, 9.17) is 0 Å². The molecule has 3 heterocycles. The lowest BCUT2D eigenvalue weighted by molar-refractivity contribution is -0.133. The van der Waals surface area contributed by atoms with Crippen LogP contribution in [0, 0.1) is 11.8 Å². The third-order valence-corrected chi connectivity index (χ3v) is 4.71. The summed E-state index contributed by atoms with van der Waals surface area (Å²) < 4.78 is 1.88. The molecule has 1 aromatic rings. The van der Waals surface area contributed by atoms with E-state index >= 15 is 0 Å². The number of nitrogens with zero attached hydrogens (tertiary/aromatic N) is 4. The van der Waals surface area contributed by atoms with Crippen molar-refractivity contribution in [2.75, 3.05) is 26.2 Å². The number of hydrogen-bond acceptors (Lipinski definition) is 4. The second-order valence-corrected chi connectivity index (χ2v) is 6.36. The van der Waals surface area contributed by atoms with Gasteiger partial charge in [-0.3, -0.25) is 9.48 Å². The Morgan fingerprint density at radius 3 is 2.83 bits per heavy atom. The SMILES string of the molecule is Cl.Cl.O=C(CCC1CCNC1)N1CCCC(Cn2cncn2)C1. The van der Waals surface area contributed by atoms with Gasteiger partial charge in [0, 0.05) is 26.1 Å². The fourth-order valence-corrected chi connectivity index (χ4v) is 3.48. The number of aromatic nitrogens is 3. The third kappa shape index (κ3) is 5.94. The van der Waals surface area contributed by atoms with Crippen molar-refractivity contribution in [1.29, 1.82) is 0 Å². The number of rotatable bonds is 5. The molecule has 2 atom stereocenters. The molecule has 2 aliphatic rings. The van der Waals surface area contributed by atoms with Crippen LogP contribution in [0.5, 0.6) is 0 Å². The third-order valence-electron chi connectivity index (χ3n) is 4.71. The molecule has 23 heavy (non-hydrogen) atoms. The van der Waals surface area contributed by atoms with E-state index in [1.165, 1.54) is 12.8 Å². The van der Waals surface area contributed by atoms with Crippen LogP contribution in [-0.2, 0) is 11.3 Å². The fourth-order valence-electron chi connectivity index (χ4n) is 3.48. The number of piperidine rings is 1. The van der Waals surface area contributed by atoms with Crippen molar-refractivity contribution >= 4 is 30.7 Å². The molecule has 1 N–H and O–H groups in total. The molecule has 2 aliphatic heterocycles. The Balaban J connectivity index is 0.00000132. The number of carbonyl (C=O) groups is 1. The summed E-state index contributed by atoms with van der Waals surface area (Å²) in [4.78, 5) is 18.4. The van der Waals surface area contributed by atoms with Gasteiger partial charge in [-0.15, -0.1) is 24.8 Å². The van der Waals surface area contributed by atoms with Crippen molar-refractivity contribution in [3.8, 4) is 0 Å². The number of halogens is 2. The van der Waals surface area contributed by atoms with Crippen molar-refractivity contribution in [3.05, 3.63) is 12.7 Å². The summed E-state index contributed by atoms with van der Waals surface area (Å²) >= 11 is 0. The molecular formula is C15H27Cl2N5O. The second kappa shape index (κ2) is 10.1. The molecule has 6 nitrogen and oxygen atoms in total. The summed E-state index contributed by atoms with van der Waals surface area (Å²) in [6, 6.07) is 0. The monoisotopic (exact) mass is 363 g/mol. The first-order valence-electron chi connectivity index (χ1n) is 8.12. The van der Waals surface area contributed by atoms with Gasteiger partial charge in [0.15, 0.2) is 0 Å². The molecular weight excluding hydrogens is 337 g/mol. The van der Waals surface area contributed by atoms with Crippen molar-refractivity contribution in [2.45, 2.75) is 38.6 Å². The molecule has 0 saturated carbocycles. The summed E-state index contributed by atoms with van der Waals surface area (Å²) in [7, 11) is 0. The minimum atomic E-state index is 0. The van der Waals surface area contributed by atoms with E-state index in [-0.39, 0.29) is 24.8 Å². The summed E-state index contributed by atoms with van der Waals surface area (Å²) in [5.41, 5.74) is 0. The highest BCUT2D eigenvalue weighted by atomic mass is 35.5. The largest absolute Gasteiger partial charge is 0.342 e. The Hall–Kier alpha value is -0.850. The van der Waals surface area contributed by atoms with E-state index in [1.54, 1.807) is 12.7 Å². The molecule has 1 amide bonds. The van der Waals surface area contributed by atoms with Gasteiger partial charge in [0.1, 0.15) is 12.7 Å². The summed E-state index contributed by atoms with van der Waals surface area (Å²) in [6.45, 7) is 4.87. The van der Waals surface area contributed by atoms with Crippen molar-refractivity contribution in [2.24, 2.45) is 11.8 Å². The van der Waals surface area contributed by atoms with Crippen molar-refractivity contribution in [3.63, 3.8) is 0 Å². The van der Waals surface area contributed by atoms with Gasteiger partial charge in [-0.1, -0.05) is 0 Å². The highest BCUT2D eigenvalue weighted by Crippen LogP contribution is 2.20. The Kier molecular flexibility index (Phi) is 8.87. The first kappa shape index (κ1) is 20.2. The lowest BCUT2D eigenvalue weighted by Gasteiger charge is -2.33. The molecule has 0 bridgehead atoms. The number of amides is 1. The van der Waals surface area contributed by atoms with E-state index in [0.717, 1.165) is 45.6 Å². The summed E-state index contributed by atoms with van der Waals surface area (Å²) in [5, 5.41) is 7.53. The Bertz CT molecular complexity index is 451. The van der Waals surface area contributed by atoms with E-state index in [0.29, 0.717) is 24.2 Å². The molecule has 132 valence electrons. The zero-order valence-electron chi connectivity index (χ0n) is 13.4. The summed E-state index contributed by atoms with van der Waals surface area (Å²) in [5.74, 6) is 1.55. The predicted octanol–water partition coefficient (Wildman–Crippen LogP) is 1.75. The van der Waals surface area contributed by atoms with Crippen molar-refractivity contribution < 1.29 is 4.79 Å². The average Bonchev–Trinajstić information content (AvgIpc) is 3.18. The minimum Gasteiger partial charge on any atom is -0.342 e. The first-order valence-corrected chi connectivity index (χ1v) is 8.12. The smallest absolute Gasteiger partial charge is 0.222 e. The van der Waals surface area contributed by atoms with Crippen molar-refractivity contribution in [1.82, 2.24) is 25.0 Å². The quantitative estimate of drug-likeness (QED) is 0.865. The van der Waals surface area contributed by atoms with Gasteiger partial charge in [0.25, 0.3) is 0 Å². The van der Waals surface area contributed by atoms with Crippen LogP contribution >= 0.6 is 24.8 Å². The maximum absolute atomic E-state index is 12.4. The van der Waals surface area contributed by atoms with Gasteiger partial charge in [-0.05, 0) is 50.6 Å². The maximum Gasteiger partial charge on any atom is 0.222 e. The van der Waals surface area contributed by atoms with E-state index in [2.05, 4.69) is 20.3 Å². The topological polar surface area (TPSA) is 63.1 Å². The molecule has 1 aromatic heterocycles.